The second-order valence-corrected chi connectivity index (χ2v) is 7.48. The minimum Gasteiger partial charge on any atom is -0.301 e. The van der Waals surface area contributed by atoms with E-state index in [9.17, 15) is 4.79 Å². The Kier molecular flexibility index (Phi) is 7.32. The van der Waals surface area contributed by atoms with Gasteiger partial charge in [-0.2, -0.15) is 0 Å². The number of piperazine rings is 1. The van der Waals surface area contributed by atoms with E-state index in [2.05, 4.69) is 21.6 Å². The molecular weight excluding hydrogens is 274 g/mol. The molecule has 0 saturated carbocycles. The van der Waals surface area contributed by atoms with Crippen LogP contribution in [0, 0.1) is 11.8 Å². The van der Waals surface area contributed by atoms with E-state index in [-0.39, 0.29) is 5.92 Å². The zero-order valence-corrected chi connectivity index (χ0v) is 14.9. The molecule has 0 bridgehead atoms. The Morgan fingerprint density at radius 1 is 0.955 bits per heavy atom. The molecule has 0 aromatic rings. The van der Waals surface area contributed by atoms with Crippen molar-refractivity contribution < 1.29 is 4.79 Å². The number of likely N-dealkylation sites (tertiary alicyclic amines) is 1. The number of rotatable bonds is 7. The van der Waals surface area contributed by atoms with Crippen molar-refractivity contribution in [3.8, 4) is 0 Å². The molecule has 2 heterocycles. The van der Waals surface area contributed by atoms with Crippen molar-refractivity contribution in [2.45, 2.75) is 40.0 Å². The molecule has 0 aromatic carbocycles. The maximum absolute atomic E-state index is 11.8. The first-order valence-corrected chi connectivity index (χ1v) is 9.28. The largest absolute Gasteiger partial charge is 0.301 e. The van der Waals surface area contributed by atoms with Gasteiger partial charge in [0.25, 0.3) is 0 Å². The predicted molar refractivity (Wildman–Crippen MR) is 92.2 cm³/mol. The Balaban J connectivity index is 1.63. The summed E-state index contributed by atoms with van der Waals surface area (Å²) in [6.45, 7) is 16.7. The van der Waals surface area contributed by atoms with Gasteiger partial charge in [0.2, 0.25) is 0 Å². The monoisotopic (exact) mass is 309 g/mol. The highest BCUT2D eigenvalue weighted by Gasteiger charge is 2.24. The summed E-state index contributed by atoms with van der Waals surface area (Å²) < 4.78 is 0. The molecule has 4 heteroatoms. The quantitative estimate of drug-likeness (QED) is 0.718. The van der Waals surface area contributed by atoms with Gasteiger partial charge < -0.3 is 9.80 Å². The van der Waals surface area contributed by atoms with Gasteiger partial charge in [-0.15, -0.1) is 0 Å². The second kappa shape index (κ2) is 8.99. The van der Waals surface area contributed by atoms with Crippen LogP contribution in [0.5, 0.6) is 0 Å². The molecule has 0 unspecified atom stereocenters. The first-order valence-electron chi connectivity index (χ1n) is 9.28. The van der Waals surface area contributed by atoms with E-state index in [0.29, 0.717) is 12.3 Å². The van der Waals surface area contributed by atoms with Crippen LogP contribution < -0.4 is 0 Å². The van der Waals surface area contributed by atoms with E-state index in [1.807, 2.05) is 13.8 Å². The zero-order chi connectivity index (χ0) is 15.9. The fraction of sp³-hybridized carbons (Fsp3) is 0.944. The van der Waals surface area contributed by atoms with Crippen molar-refractivity contribution in [3.05, 3.63) is 0 Å². The van der Waals surface area contributed by atoms with Gasteiger partial charge in [0, 0.05) is 38.6 Å². The third kappa shape index (κ3) is 5.64. The highest BCUT2D eigenvalue weighted by atomic mass is 16.1. The Morgan fingerprint density at radius 2 is 1.55 bits per heavy atom. The summed E-state index contributed by atoms with van der Waals surface area (Å²) in [5, 5.41) is 0. The van der Waals surface area contributed by atoms with Crippen LogP contribution in [0.1, 0.15) is 40.0 Å². The van der Waals surface area contributed by atoms with Crippen molar-refractivity contribution in [2.24, 2.45) is 11.8 Å². The first kappa shape index (κ1) is 17.9. The van der Waals surface area contributed by atoms with Crippen molar-refractivity contribution in [3.63, 3.8) is 0 Å². The van der Waals surface area contributed by atoms with Crippen LogP contribution in [0.25, 0.3) is 0 Å². The van der Waals surface area contributed by atoms with Gasteiger partial charge in [-0.25, -0.2) is 0 Å². The summed E-state index contributed by atoms with van der Waals surface area (Å²) in [7, 11) is 0. The summed E-state index contributed by atoms with van der Waals surface area (Å²) >= 11 is 0. The molecule has 128 valence electrons. The highest BCUT2D eigenvalue weighted by Crippen LogP contribution is 2.19. The lowest BCUT2D eigenvalue weighted by Gasteiger charge is -2.38. The Labute approximate surface area is 136 Å². The maximum Gasteiger partial charge on any atom is 0.149 e. The van der Waals surface area contributed by atoms with Crippen LogP contribution >= 0.6 is 0 Å². The minimum absolute atomic E-state index is 0.178. The van der Waals surface area contributed by atoms with Crippen LogP contribution in [0.3, 0.4) is 0 Å². The number of carbonyl (C=O) groups is 1. The Hall–Kier alpha value is -0.450. The van der Waals surface area contributed by atoms with Crippen molar-refractivity contribution >= 4 is 5.78 Å². The average Bonchev–Trinajstić information content (AvgIpc) is 2.51. The number of nitrogens with zero attached hydrogens (tertiary/aromatic N) is 3. The van der Waals surface area contributed by atoms with E-state index < -0.39 is 0 Å². The fourth-order valence-electron chi connectivity index (χ4n) is 3.61. The lowest BCUT2D eigenvalue weighted by molar-refractivity contribution is -0.123. The lowest BCUT2D eigenvalue weighted by atomic mass is 9.95. The lowest BCUT2D eigenvalue weighted by Crippen LogP contribution is -2.49. The van der Waals surface area contributed by atoms with E-state index in [1.54, 1.807) is 0 Å². The molecule has 0 N–H and O–H groups in total. The molecular formula is C18H35N3O. The van der Waals surface area contributed by atoms with Gasteiger partial charge in [0.05, 0.1) is 6.54 Å². The van der Waals surface area contributed by atoms with Crippen LogP contribution in [0.2, 0.25) is 0 Å². The van der Waals surface area contributed by atoms with Crippen LogP contribution in [-0.2, 0) is 4.79 Å². The Bertz CT molecular complexity index is 329. The normalized spacial score (nSPS) is 23.3. The highest BCUT2D eigenvalue weighted by molar-refractivity contribution is 5.82. The third-order valence-electron chi connectivity index (χ3n) is 5.25. The molecule has 2 fully saturated rings. The first-order chi connectivity index (χ1) is 10.6. The van der Waals surface area contributed by atoms with Gasteiger partial charge in [0.15, 0.2) is 0 Å². The van der Waals surface area contributed by atoms with Gasteiger partial charge >= 0.3 is 0 Å². The molecule has 0 atom stereocenters. The van der Waals surface area contributed by atoms with E-state index in [0.717, 1.165) is 19.0 Å². The molecule has 0 aromatic heterocycles. The standard InChI is InChI=1S/C18H35N3O/c1-4-7-19-10-12-21(13-11-19)14-17-5-8-20(9-6-17)15-18(22)16(2)3/h16-17H,4-15H2,1-3H3. The van der Waals surface area contributed by atoms with Gasteiger partial charge in [-0.05, 0) is 44.8 Å². The second-order valence-electron chi connectivity index (χ2n) is 7.48. The average molecular weight is 309 g/mol. The Morgan fingerprint density at radius 3 is 2.09 bits per heavy atom. The number of carbonyl (C=O) groups excluding carboxylic acids is 1. The molecule has 22 heavy (non-hydrogen) atoms. The van der Waals surface area contributed by atoms with E-state index in [1.165, 1.54) is 58.5 Å². The summed E-state index contributed by atoms with van der Waals surface area (Å²) in [4.78, 5) is 19.5. The number of Topliss-reactive ketones (excluding diaryl/α,β-unsaturated/α-hetero) is 1. The van der Waals surface area contributed by atoms with Gasteiger partial charge in [-0.3, -0.25) is 9.69 Å². The molecule has 0 radical (unpaired) electrons. The molecule has 4 nitrogen and oxygen atoms in total. The number of piperidine rings is 1. The fourth-order valence-corrected chi connectivity index (χ4v) is 3.61. The van der Waals surface area contributed by atoms with Gasteiger partial charge in [0.1, 0.15) is 5.78 Å². The molecule has 2 rings (SSSR count). The van der Waals surface area contributed by atoms with Crippen molar-refractivity contribution in [2.75, 3.05) is 58.9 Å². The number of hydrogen-bond acceptors (Lipinski definition) is 4. The van der Waals surface area contributed by atoms with Crippen LogP contribution in [0.4, 0.5) is 0 Å². The summed E-state index contributed by atoms with van der Waals surface area (Å²) in [5.74, 6) is 1.41. The smallest absolute Gasteiger partial charge is 0.149 e. The molecule has 2 aliphatic heterocycles. The van der Waals surface area contributed by atoms with E-state index in [4.69, 9.17) is 0 Å². The van der Waals surface area contributed by atoms with Gasteiger partial charge in [-0.1, -0.05) is 20.8 Å². The summed E-state index contributed by atoms with van der Waals surface area (Å²) in [5.41, 5.74) is 0. The van der Waals surface area contributed by atoms with E-state index >= 15 is 0 Å². The number of hydrogen-bond donors (Lipinski definition) is 0. The predicted octanol–water partition coefficient (Wildman–Crippen LogP) is 1.95. The van der Waals surface area contributed by atoms with Crippen molar-refractivity contribution in [1.29, 1.82) is 0 Å². The number of ketones is 1. The molecule has 0 amide bonds. The molecule has 2 aliphatic rings. The topological polar surface area (TPSA) is 26.8 Å². The summed E-state index contributed by atoms with van der Waals surface area (Å²) in [6.07, 6.45) is 3.80. The van der Waals surface area contributed by atoms with Crippen molar-refractivity contribution in [1.82, 2.24) is 14.7 Å². The molecule has 2 saturated heterocycles. The van der Waals surface area contributed by atoms with Crippen LogP contribution in [-0.4, -0.2) is 79.4 Å². The summed E-state index contributed by atoms with van der Waals surface area (Å²) in [6, 6.07) is 0. The third-order valence-corrected chi connectivity index (χ3v) is 5.25. The maximum atomic E-state index is 11.8. The van der Waals surface area contributed by atoms with Crippen LogP contribution in [0.15, 0.2) is 0 Å². The molecule has 0 aliphatic carbocycles. The molecule has 0 spiro atoms. The zero-order valence-electron chi connectivity index (χ0n) is 14.9. The minimum atomic E-state index is 0.178. The SMILES string of the molecule is CCCN1CCN(CC2CCN(CC(=O)C(C)C)CC2)CC1.